The summed E-state index contributed by atoms with van der Waals surface area (Å²) >= 11 is 6.10. The van der Waals surface area contributed by atoms with E-state index in [-0.39, 0.29) is 6.61 Å². The van der Waals surface area contributed by atoms with E-state index in [1.54, 1.807) is 12.4 Å². The molecule has 6 nitrogen and oxygen atoms in total. The van der Waals surface area contributed by atoms with Gasteiger partial charge in [0, 0.05) is 49.2 Å². The molecule has 1 aromatic carbocycles. The third-order valence-electron chi connectivity index (χ3n) is 4.75. The van der Waals surface area contributed by atoms with Gasteiger partial charge in [-0.15, -0.1) is 0 Å². The Morgan fingerprint density at radius 1 is 1.00 bits per heavy atom. The molecule has 3 aromatic rings. The molecule has 0 atom stereocenters. The largest absolute Gasteiger partial charge is 0.394 e. The number of aliphatic hydroxyl groups is 1. The molecule has 4 rings (SSSR count). The van der Waals surface area contributed by atoms with Gasteiger partial charge in [0.25, 0.3) is 0 Å². The number of aromatic nitrogens is 3. The first kappa shape index (κ1) is 18.0. The Morgan fingerprint density at radius 2 is 1.70 bits per heavy atom. The van der Waals surface area contributed by atoms with Crippen LogP contribution in [0.1, 0.15) is 0 Å². The summed E-state index contributed by atoms with van der Waals surface area (Å²) in [6.45, 7) is 4.11. The third-order valence-corrected chi connectivity index (χ3v) is 5.00. The Morgan fingerprint density at radius 3 is 2.37 bits per heavy atom. The van der Waals surface area contributed by atoms with Gasteiger partial charge in [-0.3, -0.25) is 9.67 Å². The lowest BCUT2D eigenvalue weighted by Gasteiger charge is -2.28. The molecule has 3 heterocycles. The Kier molecular flexibility index (Phi) is 5.38. The molecule has 0 spiro atoms. The molecule has 0 aliphatic carbocycles. The molecule has 0 saturated carbocycles. The van der Waals surface area contributed by atoms with Gasteiger partial charge in [-0.2, -0.15) is 5.10 Å². The summed E-state index contributed by atoms with van der Waals surface area (Å²) in [6.07, 6.45) is 3.60. The molecular weight excluding hydrogens is 362 g/mol. The van der Waals surface area contributed by atoms with E-state index in [0.29, 0.717) is 11.6 Å². The van der Waals surface area contributed by atoms with Crippen LogP contribution in [0.4, 0.5) is 5.82 Å². The highest BCUT2D eigenvalue weighted by Crippen LogP contribution is 2.39. The van der Waals surface area contributed by atoms with E-state index in [0.717, 1.165) is 54.4 Å². The van der Waals surface area contributed by atoms with E-state index in [1.165, 1.54) is 0 Å². The van der Waals surface area contributed by atoms with Gasteiger partial charge in [-0.1, -0.05) is 23.7 Å². The van der Waals surface area contributed by atoms with Crippen LogP contribution in [0, 0.1) is 0 Å². The lowest BCUT2D eigenvalue weighted by molar-refractivity contribution is 0.270. The monoisotopic (exact) mass is 383 g/mol. The van der Waals surface area contributed by atoms with Crippen LogP contribution in [0.3, 0.4) is 0 Å². The summed E-state index contributed by atoms with van der Waals surface area (Å²) in [5.41, 5.74) is 4.14. The highest BCUT2D eigenvalue weighted by molar-refractivity contribution is 6.30. The van der Waals surface area contributed by atoms with Crippen molar-refractivity contribution in [2.75, 3.05) is 37.7 Å². The number of hydrogen-bond acceptors (Lipinski definition) is 5. The average molecular weight is 384 g/mol. The third kappa shape index (κ3) is 3.69. The van der Waals surface area contributed by atoms with E-state index in [9.17, 15) is 5.11 Å². The van der Waals surface area contributed by atoms with E-state index >= 15 is 0 Å². The second-order valence-electron chi connectivity index (χ2n) is 6.47. The summed E-state index contributed by atoms with van der Waals surface area (Å²) < 4.78 is 1.90. The summed E-state index contributed by atoms with van der Waals surface area (Å²) in [6, 6.07) is 11.8. The topological polar surface area (TPSA) is 66.2 Å². The van der Waals surface area contributed by atoms with Crippen molar-refractivity contribution < 1.29 is 5.11 Å². The SMILES string of the molecule is OCCn1nc(N2CCNCC2)c(-c2ccncc2)c1-c1ccc(Cl)cc1. The molecule has 1 fully saturated rings. The number of halogens is 1. The molecule has 140 valence electrons. The van der Waals surface area contributed by atoms with Crippen molar-refractivity contribution in [2.45, 2.75) is 6.54 Å². The molecule has 2 aromatic heterocycles. The van der Waals surface area contributed by atoms with E-state index < -0.39 is 0 Å². The van der Waals surface area contributed by atoms with Gasteiger partial charge in [0.2, 0.25) is 0 Å². The summed E-state index contributed by atoms with van der Waals surface area (Å²) in [5.74, 6) is 0.945. The Labute approximate surface area is 163 Å². The number of nitrogens with one attached hydrogen (secondary N) is 1. The minimum atomic E-state index is 0.0268. The zero-order valence-electron chi connectivity index (χ0n) is 15.0. The number of nitrogens with zero attached hydrogens (tertiary/aromatic N) is 4. The molecule has 1 aliphatic rings. The summed E-state index contributed by atoms with van der Waals surface area (Å²) in [7, 11) is 0. The first-order valence-corrected chi connectivity index (χ1v) is 9.49. The molecular formula is C20H22ClN5O. The van der Waals surface area contributed by atoms with Crippen LogP contribution in [0.2, 0.25) is 5.02 Å². The first-order valence-electron chi connectivity index (χ1n) is 9.11. The minimum absolute atomic E-state index is 0.0268. The lowest BCUT2D eigenvalue weighted by Crippen LogP contribution is -2.44. The summed E-state index contributed by atoms with van der Waals surface area (Å²) in [4.78, 5) is 6.47. The van der Waals surface area contributed by atoms with Gasteiger partial charge in [0.05, 0.1) is 24.4 Å². The maximum absolute atomic E-state index is 9.60. The number of rotatable bonds is 5. The van der Waals surface area contributed by atoms with Crippen LogP contribution < -0.4 is 10.2 Å². The van der Waals surface area contributed by atoms with Gasteiger partial charge in [0.15, 0.2) is 5.82 Å². The van der Waals surface area contributed by atoms with Crippen LogP contribution in [-0.2, 0) is 6.54 Å². The maximum atomic E-state index is 9.60. The predicted octanol–water partition coefficient (Wildman–Crippen LogP) is 2.67. The number of benzene rings is 1. The van der Waals surface area contributed by atoms with Crippen molar-refractivity contribution in [3.63, 3.8) is 0 Å². The van der Waals surface area contributed by atoms with Gasteiger partial charge >= 0.3 is 0 Å². The molecule has 1 saturated heterocycles. The number of pyridine rings is 1. The van der Waals surface area contributed by atoms with Crippen molar-refractivity contribution in [2.24, 2.45) is 0 Å². The Bertz CT molecular complexity index is 889. The van der Waals surface area contributed by atoms with Crippen LogP contribution in [-0.4, -0.2) is 52.7 Å². The highest BCUT2D eigenvalue weighted by atomic mass is 35.5. The molecule has 2 N–H and O–H groups in total. The fourth-order valence-electron chi connectivity index (χ4n) is 3.49. The van der Waals surface area contributed by atoms with E-state index in [4.69, 9.17) is 16.7 Å². The van der Waals surface area contributed by atoms with E-state index in [1.807, 2.05) is 41.1 Å². The smallest absolute Gasteiger partial charge is 0.159 e. The predicted molar refractivity (Wildman–Crippen MR) is 108 cm³/mol. The molecule has 1 aliphatic heterocycles. The lowest BCUT2D eigenvalue weighted by atomic mass is 10.0. The summed E-state index contributed by atoms with van der Waals surface area (Å²) in [5, 5.41) is 18.6. The maximum Gasteiger partial charge on any atom is 0.159 e. The second-order valence-corrected chi connectivity index (χ2v) is 6.91. The van der Waals surface area contributed by atoms with Gasteiger partial charge < -0.3 is 15.3 Å². The van der Waals surface area contributed by atoms with Crippen molar-refractivity contribution in [1.29, 1.82) is 0 Å². The number of anilines is 1. The van der Waals surface area contributed by atoms with Crippen molar-refractivity contribution in [3.05, 3.63) is 53.8 Å². The number of aliphatic hydroxyl groups excluding tert-OH is 1. The molecule has 0 unspecified atom stereocenters. The van der Waals surface area contributed by atoms with E-state index in [2.05, 4.69) is 15.2 Å². The molecule has 7 heteroatoms. The molecule has 0 amide bonds. The molecule has 0 radical (unpaired) electrons. The minimum Gasteiger partial charge on any atom is -0.394 e. The van der Waals surface area contributed by atoms with Crippen LogP contribution in [0.25, 0.3) is 22.4 Å². The standard InChI is InChI=1S/C20H22ClN5O/c21-17-3-1-16(2-4-17)19-18(15-5-7-22-8-6-15)20(24-26(19)13-14-27)25-11-9-23-10-12-25/h1-8,23,27H,9-14H2. The van der Waals surface area contributed by atoms with Gasteiger partial charge in [-0.25, -0.2) is 0 Å². The van der Waals surface area contributed by atoms with Gasteiger partial charge in [0.1, 0.15) is 0 Å². The Balaban J connectivity index is 1.93. The Hall–Kier alpha value is -2.41. The highest BCUT2D eigenvalue weighted by Gasteiger charge is 2.25. The number of hydrogen-bond donors (Lipinski definition) is 2. The zero-order chi connectivity index (χ0) is 18.6. The average Bonchev–Trinajstić information content (AvgIpc) is 3.09. The first-order chi connectivity index (χ1) is 13.3. The van der Waals surface area contributed by atoms with Crippen molar-refractivity contribution in [3.8, 4) is 22.4 Å². The quantitative estimate of drug-likeness (QED) is 0.709. The van der Waals surface area contributed by atoms with Crippen LogP contribution in [0.15, 0.2) is 48.8 Å². The van der Waals surface area contributed by atoms with Crippen molar-refractivity contribution >= 4 is 17.4 Å². The molecule has 0 bridgehead atoms. The fraction of sp³-hybridized carbons (Fsp3) is 0.300. The second kappa shape index (κ2) is 8.08. The van der Waals surface area contributed by atoms with Gasteiger partial charge in [-0.05, 0) is 29.8 Å². The zero-order valence-corrected chi connectivity index (χ0v) is 15.7. The fourth-order valence-corrected chi connectivity index (χ4v) is 3.62. The van der Waals surface area contributed by atoms with Crippen molar-refractivity contribution in [1.82, 2.24) is 20.1 Å². The van der Waals surface area contributed by atoms with Crippen LogP contribution in [0.5, 0.6) is 0 Å². The number of piperazine rings is 1. The normalized spacial score (nSPS) is 14.5. The van der Waals surface area contributed by atoms with Crippen LogP contribution >= 0.6 is 11.6 Å². The molecule has 27 heavy (non-hydrogen) atoms.